The number of hydrogen-bond acceptors (Lipinski definition) is 2. The van der Waals surface area contributed by atoms with Crippen molar-refractivity contribution in [2.75, 3.05) is 34.2 Å². The second-order valence-electron chi connectivity index (χ2n) is 4.70. The summed E-state index contributed by atoms with van der Waals surface area (Å²) in [4.78, 5) is 3.90. The van der Waals surface area contributed by atoms with Crippen molar-refractivity contribution in [2.24, 2.45) is 0 Å². The first-order valence-corrected chi connectivity index (χ1v) is 5.79. The van der Waals surface area contributed by atoms with Gasteiger partial charge in [0.25, 0.3) is 0 Å². The van der Waals surface area contributed by atoms with E-state index in [9.17, 15) is 13.2 Å². The Bertz CT molecular complexity index is 375. The monoisotopic (exact) mass is 260 g/mol. The van der Waals surface area contributed by atoms with Gasteiger partial charge in [-0.1, -0.05) is 18.2 Å². The highest BCUT2D eigenvalue weighted by atomic mass is 19.4. The molecule has 0 saturated heterocycles. The third-order valence-electron chi connectivity index (χ3n) is 2.69. The largest absolute Gasteiger partial charge is 0.416 e. The van der Waals surface area contributed by atoms with Crippen LogP contribution < -0.4 is 0 Å². The van der Waals surface area contributed by atoms with Gasteiger partial charge in [-0.2, -0.15) is 13.2 Å². The van der Waals surface area contributed by atoms with Crippen molar-refractivity contribution >= 4 is 0 Å². The van der Waals surface area contributed by atoms with Gasteiger partial charge in [0.05, 0.1) is 5.56 Å². The fraction of sp³-hybridized carbons (Fsp3) is 0.538. The van der Waals surface area contributed by atoms with Gasteiger partial charge < -0.3 is 9.80 Å². The number of halogens is 3. The highest BCUT2D eigenvalue weighted by Gasteiger charge is 2.32. The van der Waals surface area contributed by atoms with Crippen molar-refractivity contribution in [1.29, 1.82) is 0 Å². The molecule has 0 atom stereocenters. The minimum atomic E-state index is -4.28. The Kier molecular flexibility index (Phi) is 5.16. The third kappa shape index (κ3) is 4.66. The maximum absolute atomic E-state index is 12.8. The maximum atomic E-state index is 12.8. The van der Waals surface area contributed by atoms with Crippen LogP contribution in [0.5, 0.6) is 0 Å². The number of hydrogen-bond donors (Lipinski definition) is 0. The molecule has 0 spiro atoms. The van der Waals surface area contributed by atoms with Crippen LogP contribution in [0.3, 0.4) is 0 Å². The second-order valence-corrected chi connectivity index (χ2v) is 4.70. The van der Waals surface area contributed by atoms with Crippen molar-refractivity contribution in [3.63, 3.8) is 0 Å². The van der Waals surface area contributed by atoms with Gasteiger partial charge in [-0.15, -0.1) is 0 Å². The van der Waals surface area contributed by atoms with E-state index < -0.39 is 11.7 Å². The Morgan fingerprint density at radius 3 is 2.17 bits per heavy atom. The van der Waals surface area contributed by atoms with Crippen molar-refractivity contribution in [3.8, 4) is 0 Å². The molecule has 0 radical (unpaired) electrons. The zero-order valence-electron chi connectivity index (χ0n) is 11.0. The molecule has 0 aliphatic carbocycles. The molecule has 18 heavy (non-hydrogen) atoms. The van der Waals surface area contributed by atoms with Gasteiger partial charge in [-0.25, -0.2) is 0 Å². The fourth-order valence-corrected chi connectivity index (χ4v) is 1.68. The minimum absolute atomic E-state index is 0.309. The van der Waals surface area contributed by atoms with Crippen molar-refractivity contribution in [1.82, 2.24) is 9.80 Å². The van der Waals surface area contributed by atoms with Gasteiger partial charge in [0.15, 0.2) is 0 Å². The van der Waals surface area contributed by atoms with Crippen LogP contribution in [0.15, 0.2) is 24.3 Å². The first-order chi connectivity index (χ1) is 8.30. The molecule has 0 fully saturated rings. The average molecular weight is 260 g/mol. The predicted octanol–water partition coefficient (Wildman–Crippen LogP) is 2.70. The summed E-state index contributed by atoms with van der Waals surface area (Å²) in [6.07, 6.45) is -4.28. The van der Waals surface area contributed by atoms with E-state index in [0.29, 0.717) is 12.1 Å². The highest BCUT2D eigenvalue weighted by molar-refractivity contribution is 5.29. The van der Waals surface area contributed by atoms with E-state index in [-0.39, 0.29) is 0 Å². The second kappa shape index (κ2) is 6.20. The topological polar surface area (TPSA) is 6.48 Å². The van der Waals surface area contributed by atoms with Gasteiger partial charge in [0, 0.05) is 19.6 Å². The Labute approximate surface area is 106 Å². The van der Waals surface area contributed by atoms with Crippen molar-refractivity contribution in [2.45, 2.75) is 12.7 Å². The quantitative estimate of drug-likeness (QED) is 0.803. The lowest BCUT2D eigenvalue weighted by Crippen LogP contribution is -2.29. The molecule has 0 bridgehead atoms. The van der Waals surface area contributed by atoms with E-state index in [1.54, 1.807) is 6.07 Å². The summed E-state index contributed by atoms with van der Waals surface area (Å²) in [6, 6.07) is 5.74. The molecule has 2 nitrogen and oxygen atoms in total. The van der Waals surface area contributed by atoms with Crippen LogP contribution in [-0.2, 0) is 12.7 Å². The Balaban J connectivity index is 2.72. The summed E-state index contributed by atoms with van der Waals surface area (Å²) in [6.45, 7) is 1.87. The number of rotatable bonds is 5. The lowest BCUT2D eigenvalue weighted by Gasteiger charge is -2.21. The molecule has 1 aromatic carbocycles. The summed E-state index contributed by atoms with van der Waals surface area (Å²) in [7, 11) is 5.71. The Morgan fingerprint density at radius 1 is 1.00 bits per heavy atom. The zero-order chi connectivity index (χ0) is 13.8. The molecule has 0 aliphatic heterocycles. The first-order valence-electron chi connectivity index (χ1n) is 5.79. The Hall–Kier alpha value is -1.07. The van der Waals surface area contributed by atoms with Crippen LogP contribution in [0.4, 0.5) is 13.2 Å². The average Bonchev–Trinajstić information content (AvgIpc) is 2.25. The van der Waals surface area contributed by atoms with E-state index in [2.05, 4.69) is 0 Å². The van der Waals surface area contributed by atoms with Crippen LogP contribution in [0.25, 0.3) is 0 Å². The number of benzene rings is 1. The number of alkyl halides is 3. The molecule has 0 amide bonds. The molecule has 0 saturated carbocycles. The SMILES string of the molecule is CN(C)CCN(C)Cc1ccccc1C(F)(F)F. The summed E-state index contributed by atoms with van der Waals surface area (Å²) in [5.41, 5.74) is -0.215. The molecule has 1 aromatic rings. The van der Waals surface area contributed by atoms with Crippen LogP contribution in [0, 0.1) is 0 Å². The molecule has 1 rings (SSSR count). The van der Waals surface area contributed by atoms with E-state index in [4.69, 9.17) is 0 Å². The van der Waals surface area contributed by atoms with Crippen molar-refractivity contribution < 1.29 is 13.2 Å². The van der Waals surface area contributed by atoms with Crippen LogP contribution in [-0.4, -0.2) is 44.0 Å². The molecule has 0 N–H and O–H groups in total. The highest BCUT2D eigenvalue weighted by Crippen LogP contribution is 2.32. The maximum Gasteiger partial charge on any atom is 0.416 e. The number of likely N-dealkylation sites (N-methyl/N-ethyl adjacent to an activating group) is 2. The Morgan fingerprint density at radius 2 is 1.61 bits per heavy atom. The smallest absolute Gasteiger partial charge is 0.308 e. The molecule has 0 unspecified atom stereocenters. The van der Waals surface area contributed by atoms with Crippen LogP contribution in [0.2, 0.25) is 0 Å². The lowest BCUT2D eigenvalue weighted by molar-refractivity contribution is -0.138. The summed E-state index contributed by atoms with van der Waals surface area (Å²) in [5, 5.41) is 0. The van der Waals surface area contributed by atoms with Gasteiger partial charge >= 0.3 is 6.18 Å². The van der Waals surface area contributed by atoms with Gasteiger partial charge in [0.1, 0.15) is 0 Å². The molecule has 0 aromatic heterocycles. The molecule has 0 heterocycles. The number of nitrogens with zero attached hydrogens (tertiary/aromatic N) is 2. The zero-order valence-corrected chi connectivity index (χ0v) is 11.0. The lowest BCUT2D eigenvalue weighted by atomic mass is 10.1. The fourth-order valence-electron chi connectivity index (χ4n) is 1.68. The van der Waals surface area contributed by atoms with Gasteiger partial charge in [-0.05, 0) is 32.8 Å². The van der Waals surface area contributed by atoms with Gasteiger partial charge in [0.2, 0.25) is 0 Å². The summed E-state index contributed by atoms with van der Waals surface area (Å²) < 4.78 is 38.4. The summed E-state index contributed by atoms with van der Waals surface area (Å²) in [5.74, 6) is 0. The van der Waals surface area contributed by atoms with E-state index in [0.717, 1.165) is 19.2 Å². The first kappa shape index (κ1) is 15.0. The van der Waals surface area contributed by atoms with E-state index in [1.807, 2.05) is 30.9 Å². The normalized spacial score (nSPS) is 12.4. The van der Waals surface area contributed by atoms with E-state index >= 15 is 0 Å². The minimum Gasteiger partial charge on any atom is -0.308 e. The molecular weight excluding hydrogens is 241 g/mol. The van der Waals surface area contributed by atoms with Gasteiger partial charge in [-0.3, -0.25) is 0 Å². The van der Waals surface area contributed by atoms with Crippen LogP contribution >= 0.6 is 0 Å². The predicted molar refractivity (Wildman–Crippen MR) is 66.3 cm³/mol. The molecule has 5 heteroatoms. The standard InChI is InChI=1S/C13H19F3N2/c1-17(2)8-9-18(3)10-11-6-4-5-7-12(11)13(14,15)16/h4-7H,8-10H2,1-3H3. The molecular formula is C13H19F3N2. The third-order valence-corrected chi connectivity index (χ3v) is 2.69. The summed E-state index contributed by atoms with van der Waals surface area (Å²) >= 11 is 0. The van der Waals surface area contributed by atoms with Crippen molar-refractivity contribution in [3.05, 3.63) is 35.4 Å². The molecule has 0 aliphatic rings. The van der Waals surface area contributed by atoms with Crippen LogP contribution in [0.1, 0.15) is 11.1 Å². The molecule has 102 valence electrons. The van der Waals surface area contributed by atoms with E-state index in [1.165, 1.54) is 12.1 Å².